The number of benzene rings is 1. The van der Waals surface area contributed by atoms with E-state index in [0.29, 0.717) is 17.9 Å². The molecule has 94 valence electrons. The fourth-order valence-electron chi connectivity index (χ4n) is 1.63. The summed E-state index contributed by atoms with van der Waals surface area (Å²) < 4.78 is 10.2. The molecule has 1 unspecified atom stereocenters. The van der Waals surface area contributed by atoms with Crippen molar-refractivity contribution in [1.82, 2.24) is 0 Å². The Labute approximate surface area is 100 Å². The first-order valence-corrected chi connectivity index (χ1v) is 5.21. The standard InChI is InChI=1S/C12H17NO4/c1-16-7-8-3-4-11(17-2)9(5-8)10(13)6-12(14)15/h3-5,10H,6-7,13H2,1-2H3,(H,14,15). The highest BCUT2D eigenvalue weighted by atomic mass is 16.5. The van der Waals surface area contributed by atoms with Gasteiger partial charge >= 0.3 is 5.97 Å². The highest BCUT2D eigenvalue weighted by molar-refractivity contribution is 5.68. The van der Waals surface area contributed by atoms with E-state index in [9.17, 15) is 4.79 Å². The summed E-state index contributed by atoms with van der Waals surface area (Å²) in [6.45, 7) is 0.455. The van der Waals surface area contributed by atoms with Gasteiger partial charge in [-0.3, -0.25) is 4.79 Å². The number of rotatable bonds is 6. The largest absolute Gasteiger partial charge is 0.496 e. The van der Waals surface area contributed by atoms with Crippen LogP contribution < -0.4 is 10.5 Å². The number of aliphatic carboxylic acids is 1. The van der Waals surface area contributed by atoms with Crippen molar-refractivity contribution in [2.45, 2.75) is 19.1 Å². The third kappa shape index (κ3) is 3.72. The molecule has 0 heterocycles. The van der Waals surface area contributed by atoms with Gasteiger partial charge in [0.2, 0.25) is 0 Å². The smallest absolute Gasteiger partial charge is 0.305 e. The Hall–Kier alpha value is -1.59. The molecule has 0 saturated carbocycles. The van der Waals surface area contributed by atoms with Crippen molar-refractivity contribution >= 4 is 5.97 Å². The van der Waals surface area contributed by atoms with Crippen LogP contribution in [-0.4, -0.2) is 25.3 Å². The molecule has 17 heavy (non-hydrogen) atoms. The van der Waals surface area contributed by atoms with Gasteiger partial charge in [0.1, 0.15) is 5.75 Å². The number of ether oxygens (including phenoxy) is 2. The quantitative estimate of drug-likeness (QED) is 0.782. The molecule has 0 radical (unpaired) electrons. The maximum Gasteiger partial charge on any atom is 0.305 e. The maximum atomic E-state index is 10.6. The number of carboxylic acid groups (broad SMARTS) is 1. The zero-order valence-electron chi connectivity index (χ0n) is 9.97. The van der Waals surface area contributed by atoms with E-state index in [4.69, 9.17) is 20.3 Å². The highest BCUT2D eigenvalue weighted by Gasteiger charge is 2.15. The van der Waals surface area contributed by atoms with Crippen molar-refractivity contribution in [2.75, 3.05) is 14.2 Å². The van der Waals surface area contributed by atoms with Gasteiger partial charge in [-0.2, -0.15) is 0 Å². The van der Waals surface area contributed by atoms with Crippen molar-refractivity contribution < 1.29 is 19.4 Å². The molecule has 5 nitrogen and oxygen atoms in total. The molecule has 0 aliphatic rings. The minimum atomic E-state index is -0.934. The van der Waals surface area contributed by atoms with Crippen LogP contribution in [0.3, 0.4) is 0 Å². The highest BCUT2D eigenvalue weighted by Crippen LogP contribution is 2.27. The number of hydrogen-bond acceptors (Lipinski definition) is 4. The van der Waals surface area contributed by atoms with Crippen LogP contribution in [0.15, 0.2) is 18.2 Å². The van der Waals surface area contributed by atoms with Crippen molar-refractivity contribution in [3.05, 3.63) is 29.3 Å². The van der Waals surface area contributed by atoms with Crippen LogP contribution in [0.1, 0.15) is 23.6 Å². The van der Waals surface area contributed by atoms with Crippen LogP contribution in [0.25, 0.3) is 0 Å². The van der Waals surface area contributed by atoms with Crippen LogP contribution in [-0.2, 0) is 16.1 Å². The van der Waals surface area contributed by atoms with E-state index in [0.717, 1.165) is 5.56 Å². The Bertz CT molecular complexity index is 392. The van der Waals surface area contributed by atoms with E-state index in [1.165, 1.54) is 7.11 Å². The molecule has 0 amide bonds. The second kappa shape index (κ2) is 6.22. The monoisotopic (exact) mass is 239 g/mol. The molecule has 0 aromatic heterocycles. The summed E-state index contributed by atoms with van der Waals surface area (Å²) in [6, 6.07) is 4.86. The summed E-state index contributed by atoms with van der Waals surface area (Å²) in [5.41, 5.74) is 7.45. The van der Waals surface area contributed by atoms with Crippen molar-refractivity contribution in [1.29, 1.82) is 0 Å². The molecule has 0 aliphatic carbocycles. The molecule has 1 rings (SSSR count). The van der Waals surface area contributed by atoms with Crippen LogP contribution in [0.2, 0.25) is 0 Å². The van der Waals surface area contributed by atoms with E-state index >= 15 is 0 Å². The molecule has 1 aromatic carbocycles. The van der Waals surface area contributed by atoms with Crippen LogP contribution >= 0.6 is 0 Å². The summed E-state index contributed by atoms with van der Waals surface area (Å²) in [5, 5.41) is 8.74. The average Bonchev–Trinajstić information content (AvgIpc) is 2.28. The van der Waals surface area contributed by atoms with Crippen LogP contribution in [0.5, 0.6) is 5.75 Å². The topological polar surface area (TPSA) is 81.8 Å². The van der Waals surface area contributed by atoms with E-state index in [1.807, 2.05) is 12.1 Å². The van der Waals surface area contributed by atoms with Gasteiger partial charge in [0.15, 0.2) is 0 Å². The zero-order valence-corrected chi connectivity index (χ0v) is 9.97. The third-order valence-electron chi connectivity index (χ3n) is 2.40. The van der Waals surface area contributed by atoms with E-state index in [1.54, 1.807) is 13.2 Å². The van der Waals surface area contributed by atoms with E-state index in [2.05, 4.69) is 0 Å². The molecule has 0 fully saturated rings. The van der Waals surface area contributed by atoms with Crippen LogP contribution in [0.4, 0.5) is 0 Å². The molecule has 0 saturated heterocycles. The predicted octanol–water partition coefficient (Wildman–Crippen LogP) is 1.32. The Kier molecular flexibility index (Phi) is 4.93. The third-order valence-corrected chi connectivity index (χ3v) is 2.40. The average molecular weight is 239 g/mol. The first kappa shape index (κ1) is 13.5. The lowest BCUT2D eigenvalue weighted by atomic mass is 10.0. The normalized spacial score (nSPS) is 12.2. The second-order valence-corrected chi connectivity index (χ2v) is 3.71. The molecule has 1 atom stereocenters. The lowest BCUT2D eigenvalue weighted by molar-refractivity contribution is -0.137. The molecule has 0 spiro atoms. The summed E-state index contributed by atoms with van der Waals surface area (Å²) in [5.74, 6) is -0.338. The molecule has 1 aromatic rings. The number of carbonyl (C=O) groups is 1. The van der Waals surface area contributed by atoms with Gasteiger partial charge in [0, 0.05) is 18.7 Å². The molecule has 0 bridgehead atoms. The molecule has 5 heteroatoms. The second-order valence-electron chi connectivity index (χ2n) is 3.71. The van der Waals surface area contributed by atoms with Gasteiger partial charge in [-0.25, -0.2) is 0 Å². The lowest BCUT2D eigenvalue weighted by Gasteiger charge is -2.15. The van der Waals surface area contributed by atoms with Crippen LogP contribution in [0, 0.1) is 0 Å². The maximum absolute atomic E-state index is 10.6. The van der Waals surface area contributed by atoms with Gasteiger partial charge in [0.05, 0.1) is 20.1 Å². The van der Waals surface area contributed by atoms with Gasteiger partial charge in [-0.05, 0) is 17.7 Å². The number of methoxy groups -OCH3 is 2. The van der Waals surface area contributed by atoms with E-state index < -0.39 is 12.0 Å². The summed E-state index contributed by atoms with van der Waals surface area (Å²) in [4.78, 5) is 10.6. The summed E-state index contributed by atoms with van der Waals surface area (Å²) >= 11 is 0. The summed E-state index contributed by atoms with van der Waals surface area (Å²) in [7, 11) is 3.13. The Morgan fingerprint density at radius 1 is 1.47 bits per heavy atom. The van der Waals surface area contributed by atoms with Gasteiger partial charge in [-0.1, -0.05) is 6.07 Å². The lowest BCUT2D eigenvalue weighted by Crippen LogP contribution is -2.16. The van der Waals surface area contributed by atoms with Crippen molar-refractivity contribution in [3.8, 4) is 5.75 Å². The Morgan fingerprint density at radius 2 is 2.18 bits per heavy atom. The van der Waals surface area contributed by atoms with Crippen molar-refractivity contribution in [3.63, 3.8) is 0 Å². The fraction of sp³-hybridized carbons (Fsp3) is 0.417. The molecular weight excluding hydrogens is 222 g/mol. The van der Waals surface area contributed by atoms with Gasteiger partial charge < -0.3 is 20.3 Å². The summed E-state index contributed by atoms with van der Waals surface area (Å²) in [6.07, 6.45) is -0.132. The predicted molar refractivity (Wildman–Crippen MR) is 62.9 cm³/mol. The molecule has 0 aliphatic heterocycles. The van der Waals surface area contributed by atoms with Gasteiger partial charge in [0.25, 0.3) is 0 Å². The van der Waals surface area contributed by atoms with Crippen molar-refractivity contribution in [2.24, 2.45) is 5.73 Å². The number of nitrogens with two attached hydrogens (primary N) is 1. The SMILES string of the molecule is COCc1ccc(OC)c(C(N)CC(=O)O)c1. The Balaban J connectivity index is 3.00. The first-order chi connectivity index (χ1) is 8.08. The number of hydrogen-bond donors (Lipinski definition) is 2. The van der Waals surface area contributed by atoms with E-state index in [-0.39, 0.29) is 6.42 Å². The minimum absolute atomic E-state index is 0.132. The molecular formula is C12H17NO4. The fourth-order valence-corrected chi connectivity index (χ4v) is 1.63. The first-order valence-electron chi connectivity index (χ1n) is 5.21. The Morgan fingerprint density at radius 3 is 2.71 bits per heavy atom. The minimum Gasteiger partial charge on any atom is -0.496 e. The van der Waals surface area contributed by atoms with Gasteiger partial charge in [-0.15, -0.1) is 0 Å². The molecule has 3 N–H and O–H groups in total. The zero-order chi connectivity index (χ0) is 12.8. The number of carboxylic acids is 1.